The minimum Gasteiger partial charge on any atom is -0.508 e. The summed E-state index contributed by atoms with van der Waals surface area (Å²) in [5.74, 6) is 0.375. The smallest absolute Gasteiger partial charge is 0.337 e. The monoisotopic (exact) mass is 247 g/mol. The Morgan fingerprint density at radius 3 is 1.41 bits per heavy atom. The summed E-state index contributed by atoms with van der Waals surface area (Å²) in [5.41, 5.74) is 1.53. The van der Waals surface area contributed by atoms with Crippen molar-refractivity contribution < 1.29 is 14.8 Å². The Kier molecular flexibility index (Phi) is 3.40. The fourth-order valence-corrected chi connectivity index (χ4v) is 2.32. The first kappa shape index (κ1) is 11.6. The van der Waals surface area contributed by atoms with Crippen molar-refractivity contribution in [3.05, 3.63) is 59.7 Å². The molecule has 2 N–H and O–H groups in total. The van der Waals surface area contributed by atoms with E-state index < -0.39 is 8.46 Å². The first-order valence-corrected chi connectivity index (χ1v) is 6.15. The number of phenolic OH excluding ortho intramolecular Hbond substituents is 2. The lowest BCUT2D eigenvalue weighted by molar-refractivity contribution is 0.475. The predicted molar refractivity (Wildman–Crippen MR) is 67.1 cm³/mol. The van der Waals surface area contributed by atoms with Gasteiger partial charge in [-0.1, -0.05) is 28.8 Å². The van der Waals surface area contributed by atoms with Gasteiger partial charge in [0.2, 0.25) is 5.66 Å². The molecule has 0 spiro atoms. The zero-order valence-electron chi connectivity index (χ0n) is 9.00. The van der Waals surface area contributed by atoms with E-state index in [-0.39, 0.29) is 17.2 Å². The zero-order chi connectivity index (χ0) is 12.3. The molecule has 17 heavy (non-hydrogen) atoms. The second-order valence-electron chi connectivity index (χ2n) is 3.73. The molecule has 0 radical (unpaired) electrons. The summed E-state index contributed by atoms with van der Waals surface area (Å²) < 4.78 is 11.3. The van der Waals surface area contributed by atoms with Crippen LogP contribution in [0.5, 0.6) is 11.5 Å². The van der Waals surface area contributed by atoms with Crippen molar-refractivity contribution in [1.29, 1.82) is 0 Å². The van der Waals surface area contributed by atoms with Gasteiger partial charge in [-0.3, -0.25) is 0 Å². The lowest BCUT2D eigenvalue weighted by Gasteiger charge is -2.05. The Balaban J connectivity index is 2.36. The first-order valence-electron chi connectivity index (χ1n) is 5.16. The van der Waals surface area contributed by atoms with E-state index in [4.69, 9.17) is 0 Å². The maximum Gasteiger partial charge on any atom is 0.337 e. The molecule has 86 valence electrons. The highest BCUT2D eigenvalue weighted by Crippen LogP contribution is 2.35. The number of hydrogen-bond acceptors (Lipinski definition) is 3. The molecule has 0 aliphatic rings. The van der Waals surface area contributed by atoms with Gasteiger partial charge < -0.3 is 10.2 Å². The van der Waals surface area contributed by atoms with E-state index in [0.29, 0.717) is 0 Å². The molecule has 2 aromatic carbocycles. The number of rotatable bonds is 3. The summed E-state index contributed by atoms with van der Waals surface area (Å²) in [6.45, 7) is 0. The molecule has 2 rings (SSSR count). The predicted octanol–water partition coefficient (Wildman–Crippen LogP) is 3.21. The third-order valence-electron chi connectivity index (χ3n) is 2.57. The largest absolute Gasteiger partial charge is 0.508 e. The average Bonchev–Trinajstić information content (AvgIpc) is 2.35. The van der Waals surface area contributed by atoms with Crippen molar-refractivity contribution in [2.24, 2.45) is 0 Å². The zero-order valence-corrected chi connectivity index (χ0v) is 10.00. The fourth-order valence-electron chi connectivity index (χ4n) is 1.66. The van der Waals surface area contributed by atoms with E-state index in [2.05, 4.69) is 0 Å². The van der Waals surface area contributed by atoms with E-state index >= 15 is 0 Å². The van der Waals surface area contributed by atoms with Crippen LogP contribution in [0.15, 0.2) is 48.5 Å². The maximum absolute atomic E-state index is 11.3. The number of benzene rings is 2. The van der Waals surface area contributed by atoms with Crippen LogP contribution in [0, 0.1) is 0 Å². The van der Waals surface area contributed by atoms with Gasteiger partial charge in [0, 0.05) is 11.1 Å². The first-order chi connectivity index (χ1) is 8.20. The minimum absolute atomic E-state index is 0.187. The molecule has 4 heteroatoms. The molecule has 0 heterocycles. The van der Waals surface area contributed by atoms with Crippen molar-refractivity contribution in [2.75, 3.05) is 0 Å². The van der Waals surface area contributed by atoms with Crippen LogP contribution in [0.1, 0.15) is 16.8 Å². The fraction of sp³-hybridized carbons (Fsp3) is 0.0769. The van der Waals surface area contributed by atoms with Gasteiger partial charge >= 0.3 is 8.46 Å². The molecular formula is C13H12O3P+. The van der Waals surface area contributed by atoms with Gasteiger partial charge in [0.1, 0.15) is 11.5 Å². The van der Waals surface area contributed by atoms with Gasteiger partial charge in [-0.05, 0) is 24.3 Å². The Bertz CT molecular complexity index is 460. The molecule has 0 aliphatic carbocycles. The molecule has 0 saturated carbocycles. The molecule has 0 bridgehead atoms. The van der Waals surface area contributed by atoms with Crippen molar-refractivity contribution in [3.63, 3.8) is 0 Å². The summed E-state index contributed by atoms with van der Waals surface area (Å²) >= 11 is 0. The minimum atomic E-state index is -0.516. The Hall–Kier alpha value is -1.86. The van der Waals surface area contributed by atoms with Gasteiger partial charge in [-0.15, -0.1) is 0 Å². The van der Waals surface area contributed by atoms with Crippen LogP contribution in [0.4, 0.5) is 0 Å². The molecule has 1 unspecified atom stereocenters. The van der Waals surface area contributed by atoms with E-state index in [1.54, 1.807) is 48.5 Å². The maximum atomic E-state index is 11.3. The molecule has 0 aromatic heterocycles. The summed E-state index contributed by atoms with van der Waals surface area (Å²) in [4.78, 5) is 0. The average molecular weight is 247 g/mol. The third-order valence-corrected chi connectivity index (χ3v) is 3.47. The highest BCUT2D eigenvalue weighted by atomic mass is 31.1. The summed E-state index contributed by atoms with van der Waals surface area (Å²) in [6, 6.07) is 13.3. The lowest BCUT2D eigenvalue weighted by atomic mass is 10.0. The lowest BCUT2D eigenvalue weighted by Crippen LogP contribution is -1.92. The van der Waals surface area contributed by atoms with Crippen molar-refractivity contribution in [3.8, 4) is 11.5 Å². The van der Waals surface area contributed by atoms with Crippen LogP contribution in [0.2, 0.25) is 0 Å². The molecule has 1 atom stereocenters. The second-order valence-corrected chi connectivity index (χ2v) is 4.55. The normalized spacial score (nSPS) is 10.9. The molecule has 3 nitrogen and oxygen atoms in total. The quantitative estimate of drug-likeness (QED) is 0.819. The molecule has 0 fully saturated rings. The number of hydrogen-bond donors (Lipinski definition) is 2. The van der Waals surface area contributed by atoms with Gasteiger partial charge in [0.25, 0.3) is 0 Å². The van der Waals surface area contributed by atoms with Gasteiger partial charge in [0.05, 0.1) is 0 Å². The van der Waals surface area contributed by atoms with Crippen LogP contribution < -0.4 is 0 Å². The highest BCUT2D eigenvalue weighted by molar-refractivity contribution is 7.24. The van der Waals surface area contributed by atoms with E-state index in [0.717, 1.165) is 11.1 Å². The summed E-state index contributed by atoms with van der Waals surface area (Å²) in [6.07, 6.45) is 0. The molecule has 0 saturated heterocycles. The topological polar surface area (TPSA) is 57.5 Å². The van der Waals surface area contributed by atoms with Gasteiger partial charge in [-0.2, -0.15) is 0 Å². The van der Waals surface area contributed by atoms with E-state index in [9.17, 15) is 14.8 Å². The molecular weight excluding hydrogens is 235 g/mol. The van der Waals surface area contributed by atoms with E-state index in [1.165, 1.54) is 0 Å². The van der Waals surface area contributed by atoms with Crippen LogP contribution in [-0.2, 0) is 4.57 Å². The van der Waals surface area contributed by atoms with Crippen LogP contribution >= 0.6 is 8.46 Å². The Morgan fingerprint density at radius 1 is 0.765 bits per heavy atom. The third kappa shape index (κ3) is 2.63. The Morgan fingerprint density at radius 2 is 1.12 bits per heavy atom. The summed E-state index contributed by atoms with van der Waals surface area (Å²) in [5, 5.41) is 18.4. The van der Waals surface area contributed by atoms with Crippen molar-refractivity contribution in [1.82, 2.24) is 0 Å². The van der Waals surface area contributed by atoms with Crippen LogP contribution in [0.25, 0.3) is 0 Å². The van der Waals surface area contributed by atoms with Crippen LogP contribution in [0.3, 0.4) is 0 Å². The summed E-state index contributed by atoms with van der Waals surface area (Å²) in [7, 11) is -0.516. The number of aromatic hydroxyl groups is 2. The van der Waals surface area contributed by atoms with Crippen molar-refractivity contribution >= 4 is 8.46 Å². The van der Waals surface area contributed by atoms with Crippen molar-refractivity contribution in [2.45, 2.75) is 5.66 Å². The molecule has 2 aromatic rings. The van der Waals surface area contributed by atoms with E-state index in [1.807, 2.05) is 0 Å². The SMILES string of the molecule is O=[PH+]C(c1ccc(O)cc1)c1ccc(O)cc1. The Labute approximate surface area is 101 Å². The highest BCUT2D eigenvalue weighted by Gasteiger charge is 2.21. The van der Waals surface area contributed by atoms with Crippen LogP contribution in [-0.4, -0.2) is 10.2 Å². The second kappa shape index (κ2) is 4.98. The van der Waals surface area contributed by atoms with Gasteiger partial charge in [0.15, 0.2) is 0 Å². The molecule has 0 aliphatic heterocycles. The van der Waals surface area contributed by atoms with Gasteiger partial charge in [-0.25, -0.2) is 0 Å². The standard InChI is InChI=1S/C13H11O3P/c14-11-5-1-9(2-6-11)13(17-16)10-3-7-12(15)8-4-10/h1-8,13-15H/p+1. The number of phenols is 2. The molecule has 0 amide bonds.